The fourth-order valence-corrected chi connectivity index (χ4v) is 2.40. The van der Waals surface area contributed by atoms with Crippen LogP contribution in [0.2, 0.25) is 0 Å². The smallest absolute Gasteiger partial charge is 0.0800 e. The minimum atomic E-state index is 0.157. The summed E-state index contributed by atoms with van der Waals surface area (Å²) in [4.78, 5) is 1.19. The molecule has 0 amide bonds. The van der Waals surface area contributed by atoms with Gasteiger partial charge in [-0.15, -0.1) is 11.3 Å². The minimum Gasteiger partial charge on any atom is -0.395 e. The highest BCUT2D eigenvalue weighted by molar-refractivity contribution is 7.10. The van der Waals surface area contributed by atoms with Gasteiger partial charge in [-0.05, 0) is 29.9 Å². The Kier molecular flexibility index (Phi) is 6.96. The first-order chi connectivity index (χ1) is 7.88. The van der Waals surface area contributed by atoms with E-state index in [0.717, 1.165) is 6.42 Å². The first kappa shape index (κ1) is 13.3. The normalized spacial score (nSPS) is 9.88. The fraction of sp³-hybridized carbons (Fsp3) is 0.571. The van der Waals surface area contributed by atoms with Gasteiger partial charge < -0.3 is 5.11 Å². The second-order valence-corrected chi connectivity index (χ2v) is 4.78. The van der Waals surface area contributed by atoms with E-state index in [1.54, 1.807) is 11.3 Å². The summed E-state index contributed by atoms with van der Waals surface area (Å²) in [5.41, 5.74) is 1.38. The van der Waals surface area contributed by atoms with Gasteiger partial charge >= 0.3 is 0 Å². The molecule has 0 aliphatic carbocycles. The molecule has 1 nitrogen and oxygen atoms in total. The average Bonchev–Trinajstić information content (AvgIpc) is 2.73. The van der Waals surface area contributed by atoms with Crippen LogP contribution in [0.1, 0.15) is 49.5 Å². The van der Waals surface area contributed by atoms with Gasteiger partial charge in [0.2, 0.25) is 0 Å². The van der Waals surface area contributed by atoms with E-state index in [1.165, 1.54) is 36.1 Å². The quantitative estimate of drug-likeness (QED) is 0.591. The molecule has 0 aliphatic rings. The Bertz CT molecular complexity index is 343. The van der Waals surface area contributed by atoms with Crippen molar-refractivity contribution >= 4 is 11.3 Å². The first-order valence-electron chi connectivity index (χ1n) is 6.04. The van der Waals surface area contributed by atoms with Crippen molar-refractivity contribution in [3.05, 3.63) is 21.9 Å². The van der Waals surface area contributed by atoms with Crippen LogP contribution in [0.3, 0.4) is 0 Å². The summed E-state index contributed by atoms with van der Waals surface area (Å²) in [5, 5.41) is 10.8. The lowest BCUT2D eigenvalue weighted by atomic mass is 10.1. The Morgan fingerprint density at radius 3 is 2.94 bits per heavy atom. The van der Waals surface area contributed by atoms with E-state index in [2.05, 4.69) is 30.2 Å². The largest absolute Gasteiger partial charge is 0.395 e. The van der Waals surface area contributed by atoms with Crippen LogP contribution in [0.5, 0.6) is 0 Å². The monoisotopic (exact) mass is 236 g/mol. The molecule has 0 spiro atoms. The fourth-order valence-electron chi connectivity index (χ4n) is 1.58. The summed E-state index contributed by atoms with van der Waals surface area (Å²) in [5.74, 6) is 6.13. The Balaban J connectivity index is 2.42. The molecule has 0 saturated carbocycles. The lowest BCUT2D eigenvalue weighted by Crippen LogP contribution is -1.86. The molecule has 88 valence electrons. The highest BCUT2D eigenvalue weighted by Gasteiger charge is 2.00. The van der Waals surface area contributed by atoms with Gasteiger partial charge in [-0.25, -0.2) is 0 Å². The van der Waals surface area contributed by atoms with Crippen LogP contribution in [0.15, 0.2) is 11.4 Å². The Morgan fingerprint density at radius 2 is 2.19 bits per heavy atom. The van der Waals surface area contributed by atoms with Crippen LogP contribution in [0.4, 0.5) is 0 Å². The van der Waals surface area contributed by atoms with E-state index in [-0.39, 0.29) is 6.61 Å². The zero-order valence-corrected chi connectivity index (χ0v) is 10.8. The van der Waals surface area contributed by atoms with Gasteiger partial charge in [0.15, 0.2) is 0 Å². The third-order valence-corrected chi connectivity index (χ3v) is 3.36. The molecule has 2 heteroatoms. The lowest BCUT2D eigenvalue weighted by Gasteiger charge is -1.98. The van der Waals surface area contributed by atoms with Gasteiger partial charge in [-0.1, -0.05) is 38.0 Å². The molecule has 0 radical (unpaired) electrons. The molecule has 1 aromatic rings. The predicted molar refractivity (Wildman–Crippen MR) is 70.7 cm³/mol. The minimum absolute atomic E-state index is 0.157. The molecule has 0 fully saturated rings. The predicted octanol–water partition coefficient (Wildman–Crippen LogP) is 3.60. The summed E-state index contributed by atoms with van der Waals surface area (Å²) in [7, 11) is 0. The maximum absolute atomic E-state index is 8.67. The third kappa shape index (κ3) is 4.83. The van der Waals surface area contributed by atoms with Gasteiger partial charge in [-0.2, -0.15) is 0 Å². The molecule has 16 heavy (non-hydrogen) atoms. The molecule has 0 saturated heterocycles. The Morgan fingerprint density at radius 1 is 1.31 bits per heavy atom. The number of hydrogen-bond donors (Lipinski definition) is 1. The molecule has 0 aromatic carbocycles. The van der Waals surface area contributed by atoms with Crippen LogP contribution < -0.4 is 0 Å². The summed E-state index contributed by atoms with van der Waals surface area (Å²) >= 11 is 1.71. The number of unbranched alkanes of at least 4 members (excludes halogenated alkanes) is 3. The van der Waals surface area contributed by atoms with E-state index in [1.807, 2.05) is 0 Å². The summed E-state index contributed by atoms with van der Waals surface area (Å²) in [6.45, 7) is 2.39. The van der Waals surface area contributed by atoms with Crippen LogP contribution in [-0.4, -0.2) is 11.7 Å². The molecule has 1 heterocycles. The number of hydrogen-bond acceptors (Lipinski definition) is 2. The van der Waals surface area contributed by atoms with Crippen molar-refractivity contribution in [2.75, 3.05) is 6.61 Å². The van der Waals surface area contributed by atoms with Gasteiger partial charge in [0, 0.05) is 6.42 Å². The zero-order valence-electron chi connectivity index (χ0n) is 9.96. The van der Waals surface area contributed by atoms with E-state index >= 15 is 0 Å². The summed E-state index contributed by atoms with van der Waals surface area (Å²) in [6.07, 6.45) is 6.91. The number of rotatable bonds is 6. The van der Waals surface area contributed by atoms with Crippen molar-refractivity contribution in [3.63, 3.8) is 0 Å². The summed E-state index contributed by atoms with van der Waals surface area (Å²) < 4.78 is 0. The van der Waals surface area contributed by atoms with Crippen molar-refractivity contribution in [2.45, 2.75) is 45.4 Å². The summed E-state index contributed by atoms with van der Waals surface area (Å²) in [6, 6.07) is 2.18. The van der Waals surface area contributed by atoms with Gasteiger partial charge in [-0.3, -0.25) is 0 Å². The molecule has 1 N–H and O–H groups in total. The average molecular weight is 236 g/mol. The van der Waals surface area contributed by atoms with Crippen molar-refractivity contribution in [1.82, 2.24) is 0 Å². The SMILES string of the molecule is CCCCCCc1ccsc1C#CCCO. The van der Waals surface area contributed by atoms with Gasteiger partial charge in [0.1, 0.15) is 0 Å². The molecule has 0 aliphatic heterocycles. The van der Waals surface area contributed by atoms with Crippen LogP contribution in [-0.2, 0) is 6.42 Å². The first-order valence-corrected chi connectivity index (χ1v) is 6.92. The van der Waals surface area contributed by atoms with Crippen LogP contribution >= 0.6 is 11.3 Å². The van der Waals surface area contributed by atoms with Gasteiger partial charge in [0.05, 0.1) is 11.5 Å². The van der Waals surface area contributed by atoms with Crippen molar-refractivity contribution in [1.29, 1.82) is 0 Å². The Hall–Kier alpha value is -0.780. The van der Waals surface area contributed by atoms with Crippen LogP contribution in [0, 0.1) is 11.8 Å². The van der Waals surface area contributed by atoms with Crippen molar-refractivity contribution in [2.24, 2.45) is 0 Å². The molecular formula is C14H20OS. The van der Waals surface area contributed by atoms with E-state index in [4.69, 9.17) is 5.11 Å². The third-order valence-electron chi connectivity index (χ3n) is 2.49. The number of aliphatic hydroxyl groups excluding tert-OH is 1. The van der Waals surface area contributed by atoms with Gasteiger partial charge in [0.25, 0.3) is 0 Å². The van der Waals surface area contributed by atoms with Crippen molar-refractivity contribution in [3.8, 4) is 11.8 Å². The lowest BCUT2D eigenvalue weighted by molar-refractivity contribution is 0.305. The van der Waals surface area contributed by atoms with E-state index in [9.17, 15) is 0 Å². The maximum Gasteiger partial charge on any atom is 0.0800 e. The van der Waals surface area contributed by atoms with E-state index in [0.29, 0.717) is 6.42 Å². The second kappa shape index (κ2) is 8.38. The molecule has 0 atom stereocenters. The number of aryl methyl sites for hydroxylation is 1. The molecular weight excluding hydrogens is 216 g/mol. The molecule has 1 rings (SSSR count). The number of aliphatic hydroxyl groups is 1. The highest BCUT2D eigenvalue weighted by atomic mass is 32.1. The standard InChI is InChI=1S/C14H20OS/c1-2-3-4-5-8-13-10-12-16-14(13)9-6-7-11-15/h10,12,15H,2-5,7-8,11H2,1H3. The topological polar surface area (TPSA) is 20.2 Å². The number of thiophene rings is 1. The maximum atomic E-state index is 8.67. The highest BCUT2D eigenvalue weighted by Crippen LogP contribution is 2.18. The molecule has 0 unspecified atom stereocenters. The van der Waals surface area contributed by atoms with E-state index < -0.39 is 0 Å². The second-order valence-electron chi connectivity index (χ2n) is 3.86. The molecule has 1 aromatic heterocycles. The Labute approximate surface area is 103 Å². The molecule has 0 bridgehead atoms. The zero-order chi connectivity index (χ0) is 11.6. The van der Waals surface area contributed by atoms with Crippen molar-refractivity contribution < 1.29 is 5.11 Å². The van der Waals surface area contributed by atoms with Crippen LogP contribution in [0.25, 0.3) is 0 Å².